The number of ether oxygens (including phenoxy) is 1. The Labute approximate surface area is 97.0 Å². The predicted octanol–water partition coefficient (Wildman–Crippen LogP) is 2.74. The molecule has 0 aliphatic heterocycles. The molecule has 0 saturated heterocycles. The lowest BCUT2D eigenvalue weighted by Gasteiger charge is -2.15. The molecule has 0 fully saturated rings. The Balaban J connectivity index is 3.64. The van der Waals surface area contributed by atoms with E-state index in [1.165, 1.54) is 0 Å². The molecule has 0 unspecified atom stereocenters. The second kappa shape index (κ2) is 4.75. The summed E-state index contributed by atoms with van der Waals surface area (Å²) in [5.74, 6) is -3.11. The van der Waals surface area contributed by atoms with Gasteiger partial charge in [-0.2, -0.15) is 13.2 Å². The van der Waals surface area contributed by atoms with Crippen molar-refractivity contribution in [1.29, 1.82) is 0 Å². The Hall–Kier alpha value is -1.93. The summed E-state index contributed by atoms with van der Waals surface area (Å²) in [6, 6.07) is 0. The number of nitrogens with zero attached hydrogens (tertiary/aromatic N) is 1. The molecule has 1 rings (SSSR count). The number of carbonyl (C=O) groups is 1. The first kappa shape index (κ1) is 14.1. The van der Waals surface area contributed by atoms with Crippen LogP contribution in [0.5, 0.6) is 5.75 Å². The summed E-state index contributed by atoms with van der Waals surface area (Å²) in [6.07, 6.45) is -8.23. The van der Waals surface area contributed by atoms with Crippen LogP contribution in [0.25, 0.3) is 0 Å². The molecule has 0 bridgehead atoms. The van der Waals surface area contributed by atoms with Gasteiger partial charge in [0.1, 0.15) is 11.3 Å². The van der Waals surface area contributed by atoms with E-state index in [0.29, 0.717) is 0 Å². The van der Waals surface area contributed by atoms with Gasteiger partial charge in [0.15, 0.2) is 5.75 Å². The Kier molecular flexibility index (Phi) is 3.73. The molecule has 1 aromatic rings. The number of aromatic nitrogens is 1. The number of carboxylic acids is 1. The van der Waals surface area contributed by atoms with Gasteiger partial charge >= 0.3 is 12.1 Å². The Morgan fingerprint density at radius 2 is 2.00 bits per heavy atom. The van der Waals surface area contributed by atoms with Crippen LogP contribution in [-0.2, 0) is 6.18 Å². The first-order valence-corrected chi connectivity index (χ1v) is 4.35. The molecular weight excluding hydrogens is 265 g/mol. The molecule has 0 radical (unpaired) electrons. The van der Waals surface area contributed by atoms with Crippen LogP contribution < -0.4 is 4.74 Å². The smallest absolute Gasteiger partial charge is 0.418 e. The molecule has 1 aromatic heterocycles. The maximum absolute atomic E-state index is 12.5. The van der Waals surface area contributed by atoms with E-state index in [0.717, 1.165) is 7.11 Å². The van der Waals surface area contributed by atoms with E-state index in [1.807, 2.05) is 0 Å². The number of carboxylic acid groups (broad SMARTS) is 1. The largest absolute Gasteiger partial charge is 0.494 e. The van der Waals surface area contributed by atoms with Crippen molar-refractivity contribution in [3.05, 3.63) is 23.0 Å². The van der Waals surface area contributed by atoms with Crippen molar-refractivity contribution in [2.75, 3.05) is 7.11 Å². The highest BCUT2D eigenvalue weighted by Gasteiger charge is 2.39. The fourth-order valence-electron chi connectivity index (χ4n) is 1.30. The molecule has 0 aliphatic carbocycles. The van der Waals surface area contributed by atoms with Crippen molar-refractivity contribution < 1.29 is 36.6 Å². The summed E-state index contributed by atoms with van der Waals surface area (Å²) in [6.45, 7) is 0. The van der Waals surface area contributed by atoms with E-state index in [1.54, 1.807) is 0 Å². The Bertz CT molecular complexity index is 472. The summed E-state index contributed by atoms with van der Waals surface area (Å²) in [7, 11) is 0.787. The number of hydrogen-bond donors (Lipinski definition) is 1. The molecular formula is C9H6F5NO3. The summed E-state index contributed by atoms with van der Waals surface area (Å²) in [4.78, 5) is 13.7. The van der Waals surface area contributed by atoms with E-state index in [2.05, 4.69) is 9.72 Å². The fraction of sp³-hybridized carbons (Fsp3) is 0.333. The third-order valence-corrected chi connectivity index (χ3v) is 1.99. The third kappa shape index (κ3) is 2.49. The lowest BCUT2D eigenvalue weighted by atomic mass is 10.1. The molecule has 18 heavy (non-hydrogen) atoms. The Morgan fingerprint density at radius 3 is 2.33 bits per heavy atom. The van der Waals surface area contributed by atoms with Crippen molar-refractivity contribution in [3.8, 4) is 5.75 Å². The van der Waals surface area contributed by atoms with E-state index in [9.17, 15) is 26.7 Å². The van der Waals surface area contributed by atoms with E-state index >= 15 is 0 Å². The van der Waals surface area contributed by atoms with Gasteiger partial charge in [-0.25, -0.2) is 13.6 Å². The monoisotopic (exact) mass is 271 g/mol. The van der Waals surface area contributed by atoms with Gasteiger partial charge in [-0.15, -0.1) is 0 Å². The zero-order valence-corrected chi connectivity index (χ0v) is 8.76. The highest BCUT2D eigenvalue weighted by atomic mass is 19.4. The zero-order chi connectivity index (χ0) is 14.1. The summed E-state index contributed by atoms with van der Waals surface area (Å²) in [5.41, 5.74) is -4.17. The number of methoxy groups -OCH3 is 1. The van der Waals surface area contributed by atoms with Crippen LogP contribution in [0, 0.1) is 0 Å². The molecule has 1 N–H and O–H groups in total. The van der Waals surface area contributed by atoms with Crippen LogP contribution in [0.1, 0.15) is 28.0 Å². The van der Waals surface area contributed by atoms with E-state index in [-0.39, 0.29) is 6.20 Å². The predicted molar refractivity (Wildman–Crippen MR) is 47.7 cm³/mol. The average molecular weight is 271 g/mol. The molecule has 9 heteroatoms. The van der Waals surface area contributed by atoms with Gasteiger partial charge in [-0.1, -0.05) is 0 Å². The lowest BCUT2D eigenvalue weighted by Crippen LogP contribution is -2.16. The maximum Gasteiger partial charge on any atom is 0.418 e. The number of hydrogen-bond acceptors (Lipinski definition) is 3. The number of alkyl halides is 5. The number of aromatic carboxylic acids is 1. The van der Waals surface area contributed by atoms with Crippen LogP contribution in [-0.4, -0.2) is 23.2 Å². The minimum atomic E-state index is -5.03. The first-order chi connectivity index (χ1) is 8.20. The normalized spacial score (nSPS) is 11.7. The molecule has 0 aromatic carbocycles. The van der Waals surface area contributed by atoms with Crippen LogP contribution in [0.3, 0.4) is 0 Å². The number of rotatable bonds is 3. The van der Waals surface area contributed by atoms with Gasteiger partial charge in [0, 0.05) is 6.20 Å². The molecule has 0 aliphatic rings. The van der Waals surface area contributed by atoms with Crippen molar-refractivity contribution in [2.45, 2.75) is 12.6 Å². The van der Waals surface area contributed by atoms with Gasteiger partial charge in [0.2, 0.25) is 0 Å². The van der Waals surface area contributed by atoms with Gasteiger partial charge < -0.3 is 9.84 Å². The van der Waals surface area contributed by atoms with Gasteiger partial charge in [-0.05, 0) is 0 Å². The summed E-state index contributed by atoms with van der Waals surface area (Å²) < 4.78 is 66.8. The highest BCUT2D eigenvalue weighted by Crippen LogP contribution is 2.39. The van der Waals surface area contributed by atoms with Crippen molar-refractivity contribution in [3.63, 3.8) is 0 Å². The van der Waals surface area contributed by atoms with Crippen molar-refractivity contribution in [2.24, 2.45) is 0 Å². The van der Waals surface area contributed by atoms with Crippen LogP contribution in [0.15, 0.2) is 6.20 Å². The molecule has 0 saturated carbocycles. The number of pyridine rings is 1. The van der Waals surface area contributed by atoms with Gasteiger partial charge in [-0.3, -0.25) is 4.98 Å². The highest BCUT2D eigenvalue weighted by molar-refractivity contribution is 5.93. The molecule has 1 heterocycles. The van der Waals surface area contributed by atoms with Gasteiger partial charge in [0.25, 0.3) is 6.43 Å². The fourth-order valence-corrected chi connectivity index (χ4v) is 1.30. The Morgan fingerprint density at radius 1 is 1.44 bits per heavy atom. The SMILES string of the molecule is COc1c(C(F)F)ncc(C(F)(F)F)c1C(=O)O. The summed E-state index contributed by atoms with van der Waals surface area (Å²) in [5, 5.41) is 8.69. The standard InChI is InChI=1S/C9H6F5NO3/c1-18-6-4(8(16)17)3(9(12,13)14)2-15-5(6)7(10)11/h2,7H,1H3,(H,16,17). The second-order valence-electron chi connectivity index (χ2n) is 3.07. The average Bonchev–Trinajstić information content (AvgIpc) is 2.25. The third-order valence-electron chi connectivity index (χ3n) is 1.99. The van der Waals surface area contributed by atoms with Crippen LogP contribution in [0.4, 0.5) is 22.0 Å². The van der Waals surface area contributed by atoms with Crippen molar-refractivity contribution >= 4 is 5.97 Å². The first-order valence-electron chi connectivity index (χ1n) is 4.35. The summed E-state index contributed by atoms with van der Waals surface area (Å²) >= 11 is 0. The maximum atomic E-state index is 12.5. The molecule has 0 amide bonds. The van der Waals surface area contributed by atoms with Crippen LogP contribution in [0.2, 0.25) is 0 Å². The molecule has 4 nitrogen and oxygen atoms in total. The van der Waals surface area contributed by atoms with Crippen LogP contribution >= 0.6 is 0 Å². The van der Waals surface area contributed by atoms with Gasteiger partial charge in [0.05, 0.1) is 12.7 Å². The van der Waals surface area contributed by atoms with Crippen molar-refractivity contribution in [1.82, 2.24) is 4.98 Å². The van der Waals surface area contributed by atoms with E-state index < -0.39 is 41.1 Å². The zero-order valence-electron chi connectivity index (χ0n) is 8.76. The molecule has 100 valence electrons. The minimum absolute atomic E-state index is 0.0491. The topological polar surface area (TPSA) is 59.4 Å². The minimum Gasteiger partial charge on any atom is -0.494 e. The number of halogens is 5. The molecule has 0 spiro atoms. The lowest BCUT2D eigenvalue weighted by molar-refractivity contribution is -0.138. The quantitative estimate of drug-likeness (QED) is 0.859. The molecule has 0 atom stereocenters. The van der Waals surface area contributed by atoms with E-state index in [4.69, 9.17) is 5.11 Å². The second-order valence-corrected chi connectivity index (χ2v) is 3.07.